The van der Waals surface area contributed by atoms with Gasteiger partial charge >= 0.3 is 0 Å². The Morgan fingerprint density at radius 3 is 2.44 bits per heavy atom. The van der Waals surface area contributed by atoms with E-state index in [2.05, 4.69) is 15.6 Å². The van der Waals surface area contributed by atoms with E-state index in [1.807, 2.05) is 36.1 Å². The first-order valence-electron chi connectivity index (χ1n) is 9.29. The maximum atomic E-state index is 12.1. The number of hydrogen-bond acceptors (Lipinski definition) is 4. The van der Waals surface area contributed by atoms with Crippen LogP contribution in [0.4, 0.5) is 0 Å². The molecule has 152 valence electrons. The third-order valence-corrected chi connectivity index (χ3v) is 4.12. The van der Waals surface area contributed by atoms with Gasteiger partial charge in [-0.1, -0.05) is 0 Å². The van der Waals surface area contributed by atoms with E-state index in [1.54, 1.807) is 7.11 Å². The molecule has 1 saturated heterocycles. The molecular formula is C19H31IN4O3. The molecule has 0 bridgehead atoms. The topological polar surface area (TPSA) is 75.2 Å². The van der Waals surface area contributed by atoms with Crippen LogP contribution in [0.1, 0.15) is 26.2 Å². The number of halogens is 1. The Morgan fingerprint density at radius 2 is 1.81 bits per heavy atom. The quantitative estimate of drug-likeness (QED) is 0.241. The van der Waals surface area contributed by atoms with Crippen molar-refractivity contribution in [2.24, 2.45) is 4.99 Å². The van der Waals surface area contributed by atoms with Crippen LogP contribution < -0.4 is 20.1 Å². The minimum Gasteiger partial charge on any atom is -0.497 e. The first kappa shape index (κ1) is 23.3. The lowest BCUT2D eigenvalue weighted by Crippen LogP contribution is -2.39. The van der Waals surface area contributed by atoms with Crippen LogP contribution in [0.3, 0.4) is 0 Å². The molecule has 1 aliphatic rings. The molecule has 1 amide bonds. The van der Waals surface area contributed by atoms with Gasteiger partial charge in [-0.15, -0.1) is 24.0 Å². The maximum absolute atomic E-state index is 12.1. The van der Waals surface area contributed by atoms with Gasteiger partial charge < -0.3 is 25.0 Å². The third-order valence-electron chi connectivity index (χ3n) is 4.12. The lowest BCUT2D eigenvalue weighted by atomic mass is 10.3. The highest BCUT2D eigenvalue weighted by molar-refractivity contribution is 14.0. The number of carbonyl (C=O) groups excluding carboxylic acids is 1. The van der Waals surface area contributed by atoms with Crippen LogP contribution in [-0.4, -0.2) is 63.2 Å². The Morgan fingerprint density at radius 1 is 1.15 bits per heavy atom. The number of ether oxygens (including phenoxy) is 2. The predicted molar refractivity (Wildman–Crippen MR) is 118 cm³/mol. The van der Waals surface area contributed by atoms with E-state index < -0.39 is 0 Å². The summed E-state index contributed by atoms with van der Waals surface area (Å²) in [7, 11) is 1.64. The lowest BCUT2D eigenvalue weighted by molar-refractivity contribution is -0.128. The zero-order valence-electron chi connectivity index (χ0n) is 16.2. The summed E-state index contributed by atoms with van der Waals surface area (Å²) in [5.74, 6) is 2.41. The predicted octanol–water partition coefficient (Wildman–Crippen LogP) is 2.26. The molecule has 27 heavy (non-hydrogen) atoms. The summed E-state index contributed by atoms with van der Waals surface area (Å²) in [5, 5.41) is 6.40. The van der Waals surface area contributed by atoms with Crippen LogP contribution in [-0.2, 0) is 4.79 Å². The van der Waals surface area contributed by atoms with E-state index in [4.69, 9.17) is 9.47 Å². The molecule has 2 N–H and O–H groups in total. The molecule has 0 atom stereocenters. The van der Waals surface area contributed by atoms with Crippen LogP contribution in [0.2, 0.25) is 0 Å². The molecule has 0 aliphatic carbocycles. The minimum absolute atomic E-state index is 0. The second kappa shape index (κ2) is 13.5. The van der Waals surface area contributed by atoms with E-state index >= 15 is 0 Å². The average molecular weight is 490 g/mol. The van der Waals surface area contributed by atoms with Crippen molar-refractivity contribution in [3.8, 4) is 11.5 Å². The molecule has 0 spiro atoms. The zero-order chi connectivity index (χ0) is 18.6. The summed E-state index contributed by atoms with van der Waals surface area (Å²) in [5.41, 5.74) is 0. The number of likely N-dealkylation sites (tertiary alicyclic amines) is 1. The van der Waals surface area contributed by atoms with E-state index in [0.717, 1.165) is 56.9 Å². The molecule has 7 nitrogen and oxygen atoms in total. The van der Waals surface area contributed by atoms with Crippen molar-refractivity contribution in [1.29, 1.82) is 0 Å². The van der Waals surface area contributed by atoms with Gasteiger partial charge in [0.05, 0.1) is 13.7 Å². The van der Waals surface area contributed by atoms with Crippen LogP contribution in [0, 0.1) is 0 Å². The number of guanidine groups is 1. The van der Waals surface area contributed by atoms with E-state index in [9.17, 15) is 4.79 Å². The largest absolute Gasteiger partial charge is 0.497 e. The van der Waals surface area contributed by atoms with Gasteiger partial charge in [0.2, 0.25) is 5.91 Å². The number of rotatable bonds is 9. The standard InChI is InChI=1S/C19H30N4O3.HI/c1-3-20-19(22-15-18(24)23-12-4-5-13-23)21-11-6-14-26-17-9-7-16(25-2)8-10-17;/h7-10H,3-6,11-15H2,1-2H3,(H2,20,21,22);1H. The number of nitrogens with zero attached hydrogens (tertiary/aromatic N) is 2. The second-order valence-electron chi connectivity index (χ2n) is 6.09. The molecule has 1 fully saturated rings. The van der Waals surface area contributed by atoms with Crippen molar-refractivity contribution in [2.45, 2.75) is 26.2 Å². The first-order valence-corrected chi connectivity index (χ1v) is 9.29. The van der Waals surface area contributed by atoms with Gasteiger partial charge in [0.1, 0.15) is 18.0 Å². The molecule has 2 rings (SSSR count). The Kier molecular flexibility index (Phi) is 11.6. The highest BCUT2D eigenvalue weighted by Crippen LogP contribution is 2.16. The van der Waals surface area contributed by atoms with E-state index in [-0.39, 0.29) is 36.4 Å². The number of carbonyl (C=O) groups is 1. The molecule has 0 saturated carbocycles. The number of nitrogens with one attached hydrogen (secondary N) is 2. The van der Waals surface area contributed by atoms with Crippen molar-refractivity contribution in [3.05, 3.63) is 24.3 Å². The van der Waals surface area contributed by atoms with Crippen LogP contribution >= 0.6 is 24.0 Å². The van der Waals surface area contributed by atoms with Gasteiger partial charge in [0.25, 0.3) is 0 Å². The first-order chi connectivity index (χ1) is 12.7. The monoisotopic (exact) mass is 490 g/mol. The van der Waals surface area contributed by atoms with Gasteiger partial charge in [-0.2, -0.15) is 0 Å². The Labute approximate surface area is 178 Å². The third kappa shape index (κ3) is 8.68. The fourth-order valence-corrected chi connectivity index (χ4v) is 2.70. The molecule has 0 radical (unpaired) electrons. The van der Waals surface area contributed by atoms with Crippen molar-refractivity contribution in [2.75, 3.05) is 46.4 Å². The average Bonchev–Trinajstić information content (AvgIpc) is 3.21. The molecule has 0 aromatic heterocycles. The molecular weight excluding hydrogens is 459 g/mol. The Balaban J connectivity index is 0.00000364. The molecule has 8 heteroatoms. The van der Waals surface area contributed by atoms with E-state index in [1.165, 1.54) is 0 Å². The molecule has 1 heterocycles. The van der Waals surface area contributed by atoms with Crippen LogP contribution in [0.5, 0.6) is 11.5 Å². The molecule has 1 aliphatic heterocycles. The summed E-state index contributed by atoms with van der Waals surface area (Å²) in [6, 6.07) is 7.53. The fraction of sp³-hybridized carbons (Fsp3) is 0.579. The van der Waals surface area contributed by atoms with Gasteiger partial charge in [0, 0.05) is 26.2 Å². The number of methoxy groups -OCH3 is 1. The fourth-order valence-electron chi connectivity index (χ4n) is 2.70. The summed E-state index contributed by atoms with van der Waals surface area (Å²) < 4.78 is 10.8. The molecule has 1 aromatic carbocycles. The highest BCUT2D eigenvalue weighted by Gasteiger charge is 2.17. The summed E-state index contributed by atoms with van der Waals surface area (Å²) in [6.45, 7) is 6.00. The molecule has 0 unspecified atom stereocenters. The van der Waals surface area contributed by atoms with Crippen molar-refractivity contribution in [1.82, 2.24) is 15.5 Å². The van der Waals surface area contributed by atoms with Crippen molar-refractivity contribution >= 4 is 35.8 Å². The van der Waals surface area contributed by atoms with Crippen LogP contribution in [0.15, 0.2) is 29.3 Å². The van der Waals surface area contributed by atoms with Gasteiger partial charge in [-0.3, -0.25) is 4.79 Å². The number of hydrogen-bond donors (Lipinski definition) is 2. The Bertz CT molecular complexity index is 575. The van der Waals surface area contributed by atoms with Crippen molar-refractivity contribution < 1.29 is 14.3 Å². The minimum atomic E-state index is 0. The number of benzene rings is 1. The zero-order valence-corrected chi connectivity index (χ0v) is 18.5. The normalized spacial score (nSPS) is 13.7. The van der Waals surface area contributed by atoms with Crippen LogP contribution in [0.25, 0.3) is 0 Å². The van der Waals surface area contributed by atoms with Gasteiger partial charge in [0.15, 0.2) is 5.96 Å². The lowest BCUT2D eigenvalue weighted by Gasteiger charge is -2.15. The maximum Gasteiger partial charge on any atom is 0.244 e. The Hall–Kier alpha value is -1.71. The summed E-state index contributed by atoms with van der Waals surface area (Å²) >= 11 is 0. The number of aliphatic imine (C=N–C) groups is 1. The summed E-state index contributed by atoms with van der Waals surface area (Å²) in [6.07, 6.45) is 3.03. The number of amides is 1. The smallest absolute Gasteiger partial charge is 0.244 e. The van der Waals surface area contributed by atoms with Gasteiger partial charge in [-0.05, 0) is 50.5 Å². The summed E-state index contributed by atoms with van der Waals surface area (Å²) in [4.78, 5) is 18.3. The van der Waals surface area contributed by atoms with Crippen molar-refractivity contribution in [3.63, 3.8) is 0 Å². The second-order valence-corrected chi connectivity index (χ2v) is 6.09. The van der Waals surface area contributed by atoms with Gasteiger partial charge in [-0.25, -0.2) is 4.99 Å². The highest BCUT2D eigenvalue weighted by atomic mass is 127. The SMILES string of the molecule is CCNC(=NCC(=O)N1CCCC1)NCCCOc1ccc(OC)cc1.I. The van der Waals surface area contributed by atoms with E-state index in [0.29, 0.717) is 12.6 Å². The molecule has 1 aromatic rings.